The van der Waals surface area contributed by atoms with Crippen molar-refractivity contribution in [3.63, 3.8) is 0 Å². The van der Waals surface area contributed by atoms with Crippen molar-refractivity contribution in [2.24, 2.45) is 5.92 Å². The topological polar surface area (TPSA) is 229 Å². The van der Waals surface area contributed by atoms with Crippen molar-refractivity contribution in [3.8, 4) is 85.1 Å². The van der Waals surface area contributed by atoms with Crippen LogP contribution in [0.25, 0.3) is 33.4 Å². The van der Waals surface area contributed by atoms with Crippen molar-refractivity contribution in [3.05, 3.63) is 215 Å². The van der Waals surface area contributed by atoms with Crippen LogP contribution >= 0.6 is 0 Å². The Bertz CT molecular complexity index is 4160. The number of pyridine rings is 3. The number of benzene rings is 6. The molecule has 0 saturated carbocycles. The molecule has 1 aliphatic heterocycles. The molecular formula is C86H100N6O17. The highest BCUT2D eigenvalue weighted by Gasteiger charge is 2.38. The first-order valence-electron chi connectivity index (χ1n) is 36.7. The van der Waals surface area contributed by atoms with Crippen molar-refractivity contribution >= 4 is 17.9 Å². The van der Waals surface area contributed by atoms with Gasteiger partial charge in [0.25, 0.3) is 0 Å². The fraction of sp³-hybridized carbons (Fsp3) is 0.372. The Balaban J connectivity index is 1.05. The zero-order valence-electron chi connectivity index (χ0n) is 64.5. The molecule has 3 aromatic heterocycles. The third kappa shape index (κ3) is 20.3. The van der Waals surface area contributed by atoms with Crippen molar-refractivity contribution in [1.29, 1.82) is 0 Å². The van der Waals surface area contributed by atoms with Gasteiger partial charge in [-0.3, -0.25) is 14.7 Å². The maximum atomic E-state index is 14.1. The number of unbranched alkanes of at least 4 members (excludes halogenated alkanes) is 2. The highest BCUT2D eigenvalue weighted by atomic mass is 16.5. The molecule has 0 N–H and O–H groups in total. The monoisotopic (exact) mass is 1490 g/mol. The van der Waals surface area contributed by atoms with Gasteiger partial charge in [0.1, 0.15) is 74.4 Å². The third-order valence-electron chi connectivity index (χ3n) is 18.9. The van der Waals surface area contributed by atoms with Crippen LogP contribution in [0, 0.1) is 5.92 Å². The van der Waals surface area contributed by atoms with Crippen molar-refractivity contribution in [2.75, 3.05) is 143 Å². The minimum Gasteiger partial charge on any atom is -0.496 e. The van der Waals surface area contributed by atoms with Gasteiger partial charge >= 0.3 is 17.9 Å². The SMILES string of the molecule is CCOC(=O)c1cc(-c2c(OC)cc(OC)cc2OC)cc(CN2CCN(Cc3cc(-c4c(OC)cc(OC)cc4OC)cc(C(=O)OCC)n3)CC(COCCCCCOC(c3ccccc3)(c3ccccc3)c3ccccc3)CN(Cc3cc(-c4c(OC)cc(OC)cc4OC)cc(C(=O)OCC)n3)CC2)n1. The van der Waals surface area contributed by atoms with E-state index in [4.69, 9.17) is 81.3 Å². The number of nitrogens with zero attached hydrogens (tertiary/aromatic N) is 6. The van der Waals surface area contributed by atoms with E-state index in [9.17, 15) is 14.4 Å². The number of carbonyl (C=O) groups is 3. The Kier molecular flexibility index (Phi) is 29.5. The Hall–Kier alpha value is -10.8. The van der Waals surface area contributed by atoms with E-state index in [0.29, 0.717) is 161 Å². The molecule has 0 spiro atoms. The third-order valence-corrected chi connectivity index (χ3v) is 18.9. The van der Waals surface area contributed by atoms with Gasteiger partial charge in [0.05, 0.1) is 124 Å². The first-order chi connectivity index (χ1) is 53.2. The standard InChI is InChI=1S/C86H100N6O17/c1-13-106-83(93)71-43-59(80-74(99-7)46-68(96-4)47-75(80)100-8)40-65(87-71)54-90-34-36-91(55-66-41-60(44-72(88-66)84(94)107-14-2)81-76(101-9)48-69(97-5)49-77(81)102-10)52-58(57-105-38-26-19-27-39-109-86(62-28-20-16-21-29-62,63-30-22-17-23-31-63)64-32-24-18-25-33-64)53-92(37-35-90)56-67-42-61(45-73(89-67)85(95)108-15-3)82-78(103-11)50-70(98-6)51-79(82)104-12/h16-18,20-25,28-33,40-51,58H,13-15,19,26-27,34-39,52-57H2,1-12H3. The van der Waals surface area contributed by atoms with E-state index < -0.39 is 23.5 Å². The van der Waals surface area contributed by atoms with E-state index in [1.165, 1.54) is 0 Å². The largest absolute Gasteiger partial charge is 0.496 e. The van der Waals surface area contributed by atoms with Gasteiger partial charge in [-0.05, 0) is 110 Å². The first-order valence-corrected chi connectivity index (χ1v) is 36.7. The van der Waals surface area contributed by atoms with Crippen LogP contribution in [0.4, 0.5) is 0 Å². The maximum absolute atomic E-state index is 14.1. The summed E-state index contributed by atoms with van der Waals surface area (Å²) in [5.74, 6) is 2.25. The van der Waals surface area contributed by atoms with Gasteiger partial charge in [0, 0.05) is 114 Å². The molecule has 1 fully saturated rings. The van der Waals surface area contributed by atoms with Crippen LogP contribution in [-0.4, -0.2) is 190 Å². The molecule has 0 amide bonds. The summed E-state index contributed by atoms with van der Waals surface area (Å²) in [6.45, 7) is 10.5. The second-order valence-corrected chi connectivity index (χ2v) is 26.0. The predicted octanol–water partition coefficient (Wildman–Crippen LogP) is 14.1. The van der Waals surface area contributed by atoms with Gasteiger partial charge in [0.2, 0.25) is 0 Å². The fourth-order valence-electron chi connectivity index (χ4n) is 13.9. The average Bonchev–Trinajstić information content (AvgIpc) is 0.757. The molecule has 1 saturated heterocycles. The summed E-state index contributed by atoms with van der Waals surface area (Å²) in [7, 11) is 14.1. The summed E-state index contributed by atoms with van der Waals surface area (Å²) >= 11 is 0. The molecular weight excluding hydrogens is 1390 g/mol. The number of hydrogen-bond acceptors (Lipinski definition) is 23. The summed E-state index contributed by atoms with van der Waals surface area (Å²) in [6, 6.07) is 52.6. The molecule has 4 heterocycles. The molecule has 9 aromatic rings. The number of rotatable bonds is 36. The summed E-state index contributed by atoms with van der Waals surface area (Å²) in [5.41, 5.74) is 7.78. The Morgan fingerprint density at radius 2 is 0.679 bits per heavy atom. The normalized spacial score (nSPS) is 13.2. The van der Waals surface area contributed by atoms with E-state index in [1.54, 1.807) is 139 Å². The Morgan fingerprint density at radius 1 is 0.376 bits per heavy atom. The van der Waals surface area contributed by atoms with Gasteiger partial charge in [-0.25, -0.2) is 29.3 Å². The lowest BCUT2D eigenvalue weighted by atomic mass is 9.80. The van der Waals surface area contributed by atoms with Crippen molar-refractivity contribution in [1.82, 2.24) is 29.7 Å². The quantitative estimate of drug-likeness (QED) is 0.0154. The zero-order valence-corrected chi connectivity index (χ0v) is 64.5. The molecule has 0 atom stereocenters. The second-order valence-electron chi connectivity index (χ2n) is 26.0. The smallest absolute Gasteiger partial charge is 0.356 e. The minimum absolute atomic E-state index is 0.0907. The summed E-state index contributed by atoms with van der Waals surface area (Å²) in [5, 5.41) is 0. The van der Waals surface area contributed by atoms with E-state index in [-0.39, 0.29) is 62.5 Å². The van der Waals surface area contributed by atoms with E-state index >= 15 is 0 Å². The molecule has 0 unspecified atom stereocenters. The highest BCUT2D eigenvalue weighted by Crippen LogP contribution is 2.46. The van der Waals surface area contributed by atoms with E-state index in [0.717, 1.165) is 36.0 Å². The van der Waals surface area contributed by atoms with Crippen LogP contribution in [0.5, 0.6) is 51.7 Å². The summed E-state index contributed by atoms with van der Waals surface area (Å²) in [4.78, 5) is 64.1. The molecule has 0 radical (unpaired) electrons. The molecule has 10 rings (SSSR count). The zero-order chi connectivity index (χ0) is 77.2. The minimum atomic E-state index is -0.846. The lowest BCUT2D eigenvalue weighted by molar-refractivity contribution is 0.00889. The summed E-state index contributed by atoms with van der Waals surface area (Å²) < 4.78 is 83.9. The van der Waals surface area contributed by atoms with Gasteiger partial charge in [0.15, 0.2) is 0 Å². The molecule has 0 bridgehead atoms. The van der Waals surface area contributed by atoms with Crippen molar-refractivity contribution in [2.45, 2.75) is 65.3 Å². The molecule has 576 valence electrons. The number of hydrogen-bond donors (Lipinski definition) is 0. The van der Waals surface area contributed by atoms with Crippen LogP contribution in [0.2, 0.25) is 0 Å². The molecule has 109 heavy (non-hydrogen) atoms. The maximum Gasteiger partial charge on any atom is 0.356 e. The molecule has 23 nitrogen and oxygen atoms in total. The van der Waals surface area contributed by atoms with Gasteiger partial charge in [-0.15, -0.1) is 0 Å². The number of ether oxygens (including phenoxy) is 14. The Morgan fingerprint density at radius 3 is 0.982 bits per heavy atom. The number of methoxy groups -OCH3 is 9. The number of aromatic nitrogens is 3. The highest BCUT2D eigenvalue weighted by molar-refractivity contribution is 5.92. The Labute approximate surface area is 639 Å². The van der Waals surface area contributed by atoms with Crippen LogP contribution in [-0.2, 0) is 48.9 Å². The second kappa shape index (κ2) is 39.9. The molecule has 1 aliphatic rings. The average molecular weight is 1490 g/mol. The van der Waals surface area contributed by atoms with Crippen LogP contribution in [0.3, 0.4) is 0 Å². The van der Waals surface area contributed by atoms with Gasteiger partial charge < -0.3 is 66.3 Å². The van der Waals surface area contributed by atoms with Crippen LogP contribution < -0.4 is 42.6 Å². The first kappa shape index (κ1) is 80.7. The van der Waals surface area contributed by atoms with Crippen LogP contribution in [0.15, 0.2) is 164 Å². The van der Waals surface area contributed by atoms with E-state index in [1.807, 2.05) is 36.4 Å². The molecule has 0 aliphatic carbocycles. The predicted molar refractivity (Wildman–Crippen MR) is 415 cm³/mol. The molecule has 23 heteroatoms. The van der Waals surface area contributed by atoms with Crippen molar-refractivity contribution < 1.29 is 80.7 Å². The van der Waals surface area contributed by atoms with Crippen LogP contribution in [0.1, 0.15) is 105 Å². The number of esters is 3. The summed E-state index contributed by atoms with van der Waals surface area (Å²) in [6.07, 6.45) is 2.36. The van der Waals surface area contributed by atoms with Gasteiger partial charge in [-0.1, -0.05) is 91.0 Å². The number of carbonyl (C=O) groups excluding carboxylic acids is 3. The van der Waals surface area contributed by atoms with Gasteiger partial charge in [-0.2, -0.15) is 0 Å². The molecule has 6 aromatic carbocycles. The lowest BCUT2D eigenvalue weighted by Gasteiger charge is -2.36. The fourth-order valence-corrected chi connectivity index (χ4v) is 13.9. The lowest BCUT2D eigenvalue weighted by Crippen LogP contribution is -2.46. The van der Waals surface area contributed by atoms with E-state index in [2.05, 4.69) is 87.5 Å².